The Morgan fingerprint density at radius 1 is 1.40 bits per heavy atom. The maximum Gasteiger partial charge on any atom is 0.0701 e. The third-order valence-electron chi connectivity index (χ3n) is 2.20. The molecule has 0 saturated heterocycles. The maximum absolute atomic E-state index is 6.12. The van der Waals surface area contributed by atoms with Crippen molar-refractivity contribution in [2.45, 2.75) is 12.3 Å². The van der Waals surface area contributed by atoms with Crippen molar-refractivity contribution in [1.82, 2.24) is 9.78 Å². The smallest absolute Gasteiger partial charge is 0.0701 e. The van der Waals surface area contributed by atoms with Gasteiger partial charge in [0, 0.05) is 22.1 Å². The fourth-order valence-electron chi connectivity index (χ4n) is 1.44. The summed E-state index contributed by atoms with van der Waals surface area (Å²) in [4.78, 5) is 0. The van der Waals surface area contributed by atoms with Gasteiger partial charge in [-0.1, -0.05) is 33.6 Å². The van der Waals surface area contributed by atoms with Crippen LogP contribution in [0.1, 0.15) is 11.3 Å². The van der Waals surface area contributed by atoms with Crippen LogP contribution in [0.2, 0.25) is 5.02 Å². The van der Waals surface area contributed by atoms with E-state index >= 15 is 0 Å². The van der Waals surface area contributed by atoms with Crippen LogP contribution in [0.5, 0.6) is 0 Å². The Labute approximate surface area is 102 Å². The lowest BCUT2D eigenvalue weighted by Crippen LogP contribution is -1.99. The van der Waals surface area contributed by atoms with Gasteiger partial charge in [-0.25, -0.2) is 4.68 Å². The summed E-state index contributed by atoms with van der Waals surface area (Å²) in [6.45, 7) is 1.97. The zero-order valence-electron chi connectivity index (χ0n) is 8.24. The number of aromatic nitrogens is 2. The van der Waals surface area contributed by atoms with Crippen molar-refractivity contribution in [2.75, 3.05) is 0 Å². The lowest BCUT2D eigenvalue weighted by molar-refractivity contribution is 0.855. The molecule has 1 aromatic heterocycles. The maximum atomic E-state index is 6.12. The molecule has 0 amide bonds. The molecular weight excluding hydrogens is 275 g/mol. The number of aryl methyl sites for hydroxylation is 1. The number of hydrogen-bond donors (Lipinski definition) is 0. The molecule has 15 heavy (non-hydrogen) atoms. The highest BCUT2D eigenvalue weighted by atomic mass is 79.9. The summed E-state index contributed by atoms with van der Waals surface area (Å²) in [6, 6.07) is 7.80. The van der Waals surface area contributed by atoms with E-state index in [2.05, 4.69) is 21.0 Å². The van der Waals surface area contributed by atoms with Gasteiger partial charge in [0.2, 0.25) is 0 Å². The summed E-state index contributed by atoms with van der Waals surface area (Å²) in [7, 11) is 0. The number of nitrogens with zero attached hydrogens (tertiary/aromatic N) is 2. The van der Waals surface area contributed by atoms with E-state index in [1.54, 1.807) is 0 Å². The van der Waals surface area contributed by atoms with Crippen molar-refractivity contribution >= 4 is 27.5 Å². The number of hydrogen-bond acceptors (Lipinski definition) is 1. The van der Waals surface area contributed by atoms with Crippen LogP contribution >= 0.6 is 27.5 Å². The van der Waals surface area contributed by atoms with Crippen LogP contribution in [0, 0.1) is 6.92 Å². The molecule has 0 saturated carbocycles. The number of halogens is 2. The van der Waals surface area contributed by atoms with Crippen molar-refractivity contribution < 1.29 is 0 Å². The van der Waals surface area contributed by atoms with Crippen molar-refractivity contribution in [3.8, 4) is 5.69 Å². The lowest BCUT2D eigenvalue weighted by Gasteiger charge is -2.08. The van der Waals surface area contributed by atoms with Gasteiger partial charge in [-0.05, 0) is 25.1 Å². The first kappa shape index (κ1) is 10.7. The molecule has 2 rings (SSSR count). The fraction of sp³-hybridized carbons (Fsp3) is 0.182. The summed E-state index contributed by atoms with van der Waals surface area (Å²) in [5.74, 6) is 0. The van der Waals surface area contributed by atoms with Gasteiger partial charge in [0.25, 0.3) is 0 Å². The standard InChI is InChI=1S/C11H10BrClN2/c1-8-5-6-15(14-8)11-4-2-3-10(13)9(11)7-12/h2-6H,7H2,1H3. The molecule has 0 aliphatic carbocycles. The Morgan fingerprint density at radius 3 is 2.80 bits per heavy atom. The molecule has 0 N–H and O–H groups in total. The molecule has 1 aromatic carbocycles. The molecule has 78 valence electrons. The number of alkyl halides is 1. The van der Waals surface area contributed by atoms with E-state index in [1.807, 2.05) is 42.1 Å². The van der Waals surface area contributed by atoms with Crippen LogP contribution in [0.3, 0.4) is 0 Å². The molecule has 0 spiro atoms. The first-order valence-corrected chi connectivity index (χ1v) is 6.08. The topological polar surface area (TPSA) is 17.8 Å². The molecule has 0 atom stereocenters. The van der Waals surface area contributed by atoms with Gasteiger partial charge in [-0.2, -0.15) is 5.10 Å². The summed E-state index contributed by atoms with van der Waals surface area (Å²) < 4.78 is 1.85. The summed E-state index contributed by atoms with van der Waals surface area (Å²) in [5, 5.41) is 5.85. The summed E-state index contributed by atoms with van der Waals surface area (Å²) in [6.07, 6.45) is 1.94. The second kappa shape index (κ2) is 4.37. The quantitative estimate of drug-likeness (QED) is 0.769. The molecule has 0 radical (unpaired) electrons. The Balaban J connectivity index is 2.57. The highest BCUT2D eigenvalue weighted by Crippen LogP contribution is 2.25. The second-order valence-electron chi connectivity index (χ2n) is 3.27. The van der Waals surface area contributed by atoms with E-state index in [0.717, 1.165) is 27.3 Å². The molecule has 0 fully saturated rings. The third kappa shape index (κ3) is 2.08. The monoisotopic (exact) mass is 284 g/mol. The van der Waals surface area contributed by atoms with E-state index in [-0.39, 0.29) is 0 Å². The second-order valence-corrected chi connectivity index (χ2v) is 4.24. The molecule has 2 nitrogen and oxygen atoms in total. The Hall–Kier alpha value is -0.800. The Morgan fingerprint density at radius 2 is 2.20 bits per heavy atom. The van der Waals surface area contributed by atoms with Gasteiger partial charge in [0.15, 0.2) is 0 Å². The lowest BCUT2D eigenvalue weighted by atomic mass is 10.2. The molecule has 0 aliphatic heterocycles. The van der Waals surface area contributed by atoms with E-state index in [4.69, 9.17) is 11.6 Å². The third-order valence-corrected chi connectivity index (χ3v) is 3.11. The molecule has 0 bridgehead atoms. The van der Waals surface area contributed by atoms with Crippen molar-refractivity contribution in [3.05, 3.63) is 46.7 Å². The zero-order valence-corrected chi connectivity index (χ0v) is 10.6. The SMILES string of the molecule is Cc1ccn(-c2cccc(Cl)c2CBr)n1. The van der Waals surface area contributed by atoms with Crippen LogP contribution < -0.4 is 0 Å². The molecule has 1 heterocycles. The minimum atomic E-state index is 0.723. The van der Waals surface area contributed by atoms with Crippen LogP contribution in [0.4, 0.5) is 0 Å². The number of rotatable bonds is 2. The summed E-state index contributed by atoms with van der Waals surface area (Å²) in [5.41, 5.74) is 3.07. The van der Waals surface area contributed by atoms with E-state index in [9.17, 15) is 0 Å². The Bertz CT molecular complexity index is 479. The Kier molecular flexibility index (Phi) is 3.12. The largest absolute Gasteiger partial charge is 0.240 e. The van der Waals surface area contributed by atoms with E-state index in [1.165, 1.54) is 0 Å². The van der Waals surface area contributed by atoms with Crippen molar-refractivity contribution in [2.24, 2.45) is 0 Å². The van der Waals surface area contributed by atoms with E-state index < -0.39 is 0 Å². The number of benzene rings is 1. The molecular formula is C11H10BrClN2. The molecule has 4 heteroatoms. The van der Waals surface area contributed by atoms with Gasteiger partial charge in [-0.3, -0.25) is 0 Å². The predicted molar refractivity (Wildman–Crippen MR) is 65.9 cm³/mol. The van der Waals surface area contributed by atoms with Gasteiger partial charge in [0.05, 0.1) is 11.4 Å². The molecule has 0 unspecified atom stereocenters. The minimum Gasteiger partial charge on any atom is -0.240 e. The normalized spacial score (nSPS) is 10.6. The van der Waals surface area contributed by atoms with Crippen molar-refractivity contribution in [1.29, 1.82) is 0 Å². The zero-order chi connectivity index (χ0) is 10.8. The van der Waals surface area contributed by atoms with Gasteiger partial charge >= 0.3 is 0 Å². The highest BCUT2D eigenvalue weighted by Gasteiger charge is 2.07. The average molecular weight is 286 g/mol. The summed E-state index contributed by atoms with van der Waals surface area (Å²) >= 11 is 9.55. The minimum absolute atomic E-state index is 0.723. The van der Waals surface area contributed by atoms with Crippen LogP contribution in [0.25, 0.3) is 5.69 Å². The predicted octanol–water partition coefficient (Wildman–Crippen LogP) is 3.73. The van der Waals surface area contributed by atoms with Gasteiger partial charge in [-0.15, -0.1) is 0 Å². The first-order chi connectivity index (χ1) is 7.22. The first-order valence-electron chi connectivity index (χ1n) is 4.58. The molecule has 2 aromatic rings. The molecule has 0 aliphatic rings. The highest BCUT2D eigenvalue weighted by molar-refractivity contribution is 9.08. The van der Waals surface area contributed by atoms with E-state index in [0.29, 0.717) is 0 Å². The van der Waals surface area contributed by atoms with Crippen molar-refractivity contribution in [3.63, 3.8) is 0 Å². The van der Waals surface area contributed by atoms with Crippen LogP contribution in [-0.2, 0) is 5.33 Å². The van der Waals surface area contributed by atoms with Crippen LogP contribution in [-0.4, -0.2) is 9.78 Å². The van der Waals surface area contributed by atoms with Crippen LogP contribution in [0.15, 0.2) is 30.5 Å². The average Bonchev–Trinajstić information content (AvgIpc) is 2.64. The fourth-order valence-corrected chi connectivity index (χ4v) is 2.43. The van der Waals surface area contributed by atoms with Gasteiger partial charge in [0.1, 0.15) is 0 Å². The van der Waals surface area contributed by atoms with Gasteiger partial charge < -0.3 is 0 Å².